The number of nitrogen functional groups attached to an aromatic ring is 1. The molecular formula is C75H103Cl2N12O20PS3. The Labute approximate surface area is 681 Å². The quantitative estimate of drug-likeness (QED) is 0.00549. The van der Waals surface area contributed by atoms with Crippen molar-refractivity contribution < 1.29 is 95.1 Å². The summed E-state index contributed by atoms with van der Waals surface area (Å²) in [7, 11) is -1.50. The normalized spacial score (nSPS) is 19.3. The summed E-state index contributed by atoms with van der Waals surface area (Å²) in [5.74, 6) is -2.73. The van der Waals surface area contributed by atoms with Crippen LogP contribution in [0.4, 0.5) is 27.5 Å². The van der Waals surface area contributed by atoms with Crippen molar-refractivity contribution in [2.45, 2.75) is 108 Å². The smallest absolute Gasteiger partial charge is 0.466 e. The van der Waals surface area contributed by atoms with Gasteiger partial charge < -0.3 is 99.7 Å². The molecular weight excluding hydrogens is 1590 g/mol. The molecule has 3 aliphatic carbocycles. The SMILES string of the molecule is C=C(C)c1c(N)c(OP(=O)(O)O)cc2c1[C@H](CCl)CN2C(=O)C12CC(C(=O)N3C[C@@H](CCl)c4c3cc(OC(=S)N(C)CCN(C)C(=S)OCc3ccc(NC(=O)[C@H](CCCNC(N)=O)NC(=O)[C@@H](NC(=O)CCOCCOCCOCCOCCOCCOCCN5C(=O)CC(SC)C5=O)C(C)C)cc3)c3[nH]cc(C)c43)(C1)C2. The van der Waals surface area contributed by atoms with Crippen LogP contribution >= 0.6 is 67.2 Å². The van der Waals surface area contributed by atoms with Crippen LogP contribution in [0.1, 0.15) is 105 Å². The molecule has 2 bridgehead atoms. The summed E-state index contributed by atoms with van der Waals surface area (Å²) in [4.78, 5) is 137. The monoisotopic (exact) mass is 1690 g/mol. The molecule has 9 amide bonds. The molecule has 3 aromatic carbocycles. The molecule has 3 aliphatic heterocycles. The van der Waals surface area contributed by atoms with Gasteiger partial charge in [0.15, 0.2) is 11.5 Å². The maximum atomic E-state index is 15.0. The summed E-state index contributed by atoms with van der Waals surface area (Å²) < 4.78 is 62.8. The van der Waals surface area contributed by atoms with Crippen LogP contribution in [0.2, 0.25) is 0 Å². The molecule has 1 saturated heterocycles. The average Bonchev–Trinajstić information content (AvgIpc) is 1.57. The van der Waals surface area contributed by atoms with E-state index in [1.165, 1.54) is 22.7 Å². The first-order valence-corrected chi connectivity index (χ1v) is 42.0. The maximum absolute atomic E-state index is 15.0. The van der Waals surface area contributed by atoms with E-state index < -0.39 is 54.5 Å². The number of halogens is 2. The Morgan fingerprint density at radius 3 is 1.83 bits per heavy atom. The van der Waals surface area contributed by atoms with E-state index in [-0.39, 0.29) is 159 Å². The lowest BCUT2D eigenvalue weighted by Gasteiger charge is -2.69. The van der Waals surface area contributed by atoms with E-state index >= 15 is 4.79 Å². The largest absolute Gasteiger partial charge is 0.524 e. The van der Waals surface area contributed by atoms with Gasteiger partial charge in [-0.2, -0.15) is 11.8 Å². The number of thioether (sulfide) groups is 1. The molecule has 1 unspecified atom stereocenters. The summed E-state index contributed by atoms with van der Waals surface area (Å²) in [5, 5.41) is 11.8. The standard InChI is InChI=1S/C75H103Cl2N12O20PS3/c1-44(2)59-61-48(35-76)38-88(52(61)32-54(63(59)78)109-110(98,99)100)69(95)74-41-75(42-74,43-74)70(96)89-39-49(36-77)62-53(89)33-55(65-60(62)46(5)37-81-65)108-73(112)86(7)18-17-85(6)72(111)107-40-47-11-13-50(14-12-47)82-66(92)51(10-9-16-80-71(79)97)83-67(93)64(45(3)4)84-57(90)15-20-101-22-24-103-26-28-105-30-31-106-29-27-104-25-23-102-21-19-87-58(91)34-56(113-8)68(87)94/h11-14,32-33,37,45,48-49,51,56,64,81H,1,9-10,15-31,34-36,38-43,78H2,2-8H3,(H,82,92)(H,83,93)(H,84,90)(H3,79,80,97)(H2,98,99,100)/t48-,49-,51+,56?,64+,74?,75?/m1/s1. The number of aryl methyl sites for hydroxylation is 1. The second-order valence-corrected chi connectivity index (χ2v) is 32.6. The molecule has 6 aliphatic rings. The highest BCUT2D eigenvalue weighted by molar-refractivity contribution is 8.00. The van der Waals surface area contributed by atoms with Gasteiger partial charge in [0.05, 0.1) is 124 Å². The van der Waals surface area contributed by atoms with Gasteiger partial charge in [0.1, 0.15) is 18.7 Å². The van der Waals surface area contributed by atoms with Crippen molar-refractivity contribution in [1.29, 1.82) is 0 Å². The van der Waals surface area contributed by atoms with Crippen LogP contribution in [-0.2, 0) is 77.9 Å². The van der Waals surface area contributed by atoms with Gasteiger partial charge in [-0.1, -0.05) is 32.6 Å². The molecule has 5 atom stereocenters. The van der Waals surface area contributed by atoms with Crippen LogP contribution < -0.4 is 51.8 Å². The highest BCUT2D eigenvalue weighted by Crippen LogP contribution is 2.75. The van der Waals surface area contributed by atoms with Gasteiger partial charge in [0, 0.05) is 118 Å². The molecule has 4 heterocycles. The second-order valence-electron chi connectivity index (χ2n) is 29.1. The number of anilines is 4. The summed E-state index contributed by atoms with van der Waals surface area (Å²) >= 11 is 26.2. The number of amides is 9. The number of ether oxygens (including phenoxy) is 8. The Kier molecular flexibility index (Phi) is 32.4. The van der Waals surface area contributed by atoms with Gasteiger partial charge in [-0.25, -0.2) is 9.36 Å². The molecule has 4 aromatic rings. The van der Waals surface area contributed by atoms with Crippen LogP contribution in [0.3, 0.4) is 0 Å². The zero-order valence-corrected chi connectivity index (χ0v) is 69.4. The summed E-state index contributed by atoms with van der Waals surface area (Å²) in [6.45, 7) is 16.5. The number of phosphoric acid groups is 1. The predicted molar refractivity (Wildman–Crippen MR) is 436 cm³/mol. The number of H-pyrrole nitrogens is 1. The van der Waals surface area contributed by atoms with E-state index in [0.717, 1.165) is 22.1 Å². The number of nitrogens with two attached hydrogens (primary N) is 2. The number of aromatic nitrogens is 1. The number of likely N-dealkylation sites (N-methyl/N-ethyl adjacent to an activating group) is 2. The van der Waals surface area contributed by atoms with Gasteiger partial charge in [-0.3, -0.25) is 48.2 Å². The third-order valence-electron chi connectivity index (χ3n) is 20.5. The number of urea groups is 1. The van der Waals surface area contributed by atoms with Gasteiger partial charge in [-0.05, 0) is 123 Å². The number of aromatic amines is 1. The fraction of sp³-hybridized carbons (Fsp3) is 0.573. The minimum Gasteiger partial charge on any atom is -0.466 e. The van der Waals surface area contributed by atoms with Crippen molar-refractivity contribution in [2.24, 2.45) is 22.5 Å². The Hall–Kier alpha value is -7.48. The summed E-state index contributed by atoms with van der Waals surface area (Å²) in [6, 6.07) is 7.22. The number of thiocarbonyl (C=S) groups is 2. The minimum absolute atomic E-state index is 0.0222. The van der Waals surface area contributed by atoms with Crippen molar-refractivity contribution in [3.63, 3.8) is 0 Å². The van der Waals surface area contributed by atoms with Gasteiger partial charge in [-0.15, -0.1) is 23.2 Å². The topological polar surface area (TPSA) is 409 Å². The number of phosphoric ester groups is 1. The number of alkyl halides is 2. The lowest BCUT2D eigenvalue weighted by atomic mass is 9.34. The number of nitrogens with one attached hydrogen (secondary N) is 5. The highest BCUT2D eigenvalue weighted by Gasteiger charge is 2.76. The van der Waals surface area contributed by atoms with Gasteiger partial charge in [0.2, 0.25) is 41.4 Å². The van der Waals surface area contributed by atoms with Crippen LogP contribution in [0.25, 0.3) is 16.5 Å². The molecule has 113 heavy (non-hydrogen) atoms. The van der Waals surface area contributed by atoms with Crippen molar-refractivity contribution >= 4 is 164 Å². The molecule has 11 N–H and O–H groups in total. The van der Waals surface area contributed by atoms with Crippen molar-refractivity contribution in [3.05, 3.63) is 77.0 Å². The molecule has 32 nitrogen and oxygen atoms in total. The van der Waals surface area contributed by atoms with E-state index in [9.17, 15) is 47.9 Å². The summed E-state index contributed by atoms with van der Waals surface area (Å²) in [5.41, 5.74) is 16.2. The first-order valence-electron chi connectivity index (χ1n) is 37.3. The highest BCUT2D eigenvalue weighted by atomic mass is 35.5. The summed E-state index contributed by atoms with van der Waals surface area (Å²) in [6.07, 6.45) is 5.14. The fourth-order valence-electron chi connectivity index (χ4n) is 14.7. The van der Waals surface area contributed by atoms with Crippen LogP contribution in [0, 0.1) is 23.7 Å². The Morgan fingerprint density at radius 2 is 1.31 bits per heavy atom. The number of primary amides is 1. The van der Waals surface area contributed by atoms with Gasteiger partial charge >= 0.3 is 13.9 Å². The van der Waals surface area contributed by atoms with Gasteiger partial charge in [0.25, 0.3) is 10.3 Å². The number of hydrogen-bond acceptors (Lipinski definition) is 22. The third-order valence-corrected chi connectivity index (χ3v) is 23.4. The zero-order chi connectivity index (χ0) is 82.1. The Bertz CT molecular complexity index is 4180. The number of benzene rings is 3. The lowest BCUT2D eigenvalue weighted by molar-refractivity contribution is -0.205. The van der Waals surface area contributed by atoms with Crippen LogP contribution in [-0.4, -0.2) is 255 Å². The second kappa shape index (κ2) is 40.9. The Balaban J connectivity index is 0.675. The number of allylic oxidation sites excluding steroid dienone is 1. The maximum Gasteiger partial charge on any atom is 0.524 e. The molecule has 3 saturated carbocycles. The third kappa shape index (κ3) is 22.6. The van der Waals surface area contributed by atoms with E-state index in [1.807, 2.05) is 25.4 Å². The van der Waals surface area contributed by atoms with E-state index in [4.69, 9.17) is 102 Å². The van der Waals surface area contributed by atoms with Crippen molar-refractivity contribution in [1.82, 2.24) is 35.6 Å². The molecule has 38 heteroatoms. The van der Waals surface area contributed by atoms with Crippen LogP contribution in [0.5, 0.6) is 11.5 Å². The number of carbonyl (C=O) groups is 8. The molecule has 0 spiro atoms. The average molecular weight is 1690 g/mol. The predicted octanol–water partition coefficient (Wildman–Crippen LogP) is 6.79. The number of nitrogens with zero attached hydrogens (tertiary/aromatic N) is 5. The van der Waals surface area contributed by atoms with Crippen molar-refractivity contribution in [2.75, 3.05) is 172 Å². The fourth-order valence-corrected chi connectivity index (χ4v) is 16.6. The molecule has 620 valence electrons. The Morgan fingerprint density at radius 1 is 0.779 bits per heavy atom. The lowest BCUT2D eigenvalue weighted by Crippen LogP contribution is -2.73. The van der Waals surface area contributed by atoms with Crippen molar-refractivity contribution in [3.8, 4) is 11.5 Å². The number of carbonyl (C=O) groups excluding carboxylic acids is 8. The number of fused-ring (bicyclic) bond motifs is 4. The first kappa shape index (κ1) is 89.5. The minimum atomic E-state index is -5.06. The molecule has 4 fully saturated rings. The van der Waals surface area contributed by atoms with E-state index in [0.29, 0.717) is 137 Å². The molecule has 0 radical (unpaired) electrons. The number of imide groups is 1. The molecule has 10 rings (SSSR count). The van der Waals surface area contributed by atoms with E-state index in [2.05, 4.69) is 32.8 Å². The number of hydrogen-bond donors (Lipinski definition) is 9. The van der Waals surface area contributed by atoms with Crippen LogP contribution in [0.15, 0.2) is 49.2 Å². The number of rotatable bonds is 45. The van der Waals surface area contributed by atoms with E-state index in [1.54, 1.807) is 78.7 Å². The first-order chi connectivity index (χ1) is 53.8. The number of likely N-dealkylation sites (tertiary alicyclic amines) is 1. The molecule has 1 aromatic heterocycles. The zero-order valence-electron chi connectivity index (χ0n) is 64.6.